The molecule has 0 radical (unpaired) electrons. The molecule has 1 aromatic carbocycles. The van der Waals surface area contributed by atoms with E-state index in [2.05, 4.69) is 5.32 Å². The minimum absolute atomic E-state index is 0.00197. The summed E-state index contributed by atoms with van der Waals surface area (Å²) in [6, 6.07) is 4.48. The van der Waals surface area contributed by atoms with Gasteiger partial charge in [0, 0.05) is 10.6 Å². The van der Waals surface area contributed by atoms with E-state index in [1.807, 2.05) is 0 Å². The SMILES string of the molecule is O=C1NC2(CCC(C(F)(F)F)CC2)C(O)=C1c1ccc(Cl)cc1Cl. The molecule has 1 saturated carbocycles. The Labute approximate surface area is 146 Å². The molecule has 0 saturated heterocycles. The predicted molar refractivity (Wildman–Crippen MR) is 84.9 cm³/mol. The van der Waals surface area contributed by atoms with Crippen LogP contribution >= 0.6 is 23.2 Å². The van der Waals surface area contributed by atoms with Gasteiger partial charge in [0.25, 0.3) is 5.91 Å². The number of hydrogen-bond acceptors (Lipinski definition) is 2. The summed E-state index contributed by atoms with van der Waals surface area (Å²) < 4.78 is 38.5. The molecule has 0 atom stereocenters. The van der Waals surface area contributed by atoms with Crippen molar-refractivity contribution >= 4 is 34.7 Å². The maximum atomic E-state index is 12.8. The van der Waals surface area contributed by atoms with Crippen molar-refractivity contribution in [2.45, 2.75) is 37.4 Å². The van der Waals surface area contributed by atoms with Gasteiger partial charge in [0.15, 0.2) is 0 Å². The maximum Gasteiger partial charge on any atom is 0.391 e. The van der Waals surface area contributed by atoms with Crippen molar-refractivity contribution in [3.05, 3.63) is 39.6 Å². The Balaban J connectivity index is 1.94. The molecular formula is C16H14Cl2F3NO2. The number of hydrogen-bond donors (Lipinski definition) is 2. The topological polar surface area (TPSA) is 49.3 Å². The minimum Gasteiger partial charge on any atom is -0.509 e. The second kappa shape index (κ2) is 5.85. The monoisotopic (exact) mass is 379 g/mol. The lowest BCUT2D eigenvalue weighted by Crippen LogP contribution is -2.48. The fraction of sp³-hybridized carbons (Fsp3) is 0.438. The second-order valence-electron chi connectivity index (χ2n) is 6.20. The van der Waals surface area contributed by atoms with Crippen molar-refractivity contribution in [2.24, 2.45) is 5.92 Å². The summed E-state index contributed by atoms with van der Waals surface area (Å²) in [6.07, 6.45) is -4.48. The molecule has 8 heteroatoms. The van der Waals surface area contributed by atoms with E-state index in [1.54, 1.807) is 0 Å². The van der Waals surface area contributed by atoms with Gasteiger partial charge in [-0.05, 0) is 37.8 Å². The lowest BCUT2D eigenvalue weighted by Gasteiger charge is -2.37. The fourth-order valence-electron chi connectivity index (χ4n) is 3.43. The molecule has 3 rings (SSSR count). The van der Waals surface area contributed by atoms with E-state index in [1.165, 1.54) is 18.2 Å². The molecular weight excluding hydrogens is 366 g/mol. The smallest absolute Gasteiger partial charge is 0.391 e. The average molecular weight is 380 g/mol. The highest BCUT2D eigenvalue weighted by molar-refractivity contribution is 6.37. The molecule has 24 heavy (non-hydrogen) atoms. The van der Waals surface area contributed by atoms with Crippen molar-refractivity contribution in [3.8, 4) is 0 Å². The number of amides is 1. The van der Waals surface area contributed by atoms with Crippen molar-refractivity contribution in [1.29, 1.82) is 0 Å². The van der Waals surface area contributed by atoms with E-state index in [4.69, 9.17) is 23.2 Å². The van der Waals surface area contributed by atoms with E-state index >= 15 is 0 Å². The molecule has 130 valence electrons. The third kappa shape index (κ3) is 2.86. The first kappa shape index (κ1) is 17.4. The maximum absolute atomic E-state index is 12.8. The summed E-state index contributed by atoms with van der Waals surface area (Å²) in [5, 5.41) is 13.8. The van der Waals surface area contributed by atoms with Gasteiger partial charge >= 0.3 is 6.18 Å². The summed E-state index contributed by atoms with van der Waals surface area (Å²) in [4.78, 5) is 12.3. The van der Waals surface area contributed by atoms with Crippen LogP contribution in [0.2, 0.25) is 10.0 Å². The fourth-order valence-corrected chi connectivity index (χ4v) is 3.93. The zero-order valence-electron chi connectivity index (χ0n) is 12.4. The van der Waals surface area contributed by atoms with Crippen LogP contribution in [0.5, 0.6) is 0 Å². The molecule has 1 heterocycles. The largest absolute Gasteiger partial charge is 0.509 e. The van der Waals surface area contributed by atoms with Crippen LogP contribution in [0.25, 0.3) is 5.57 Å². The minimum atomic E-state index is -4.26. The van der Waals surface area contributed by atoms with Crippen LogP contribution in [-0.4, -0.2) is 22.7 Å². The van der Waals surface area contributed by atoms with Gasteiger partial charge in [-0.1, -0.05) is 29.3 Å². The number of benzene rings is 1. The molecule has 1 spiro atoms. The molecule has 2 N–H and O–H groups in total. The molecule has 1 aliphatic heterocycles. The highest BCUT2D eigenvalue weighted by atomic mass is 35.5. The van der Waals surface area contributed by atoms with Crippen molar-refractivity contribution in [1.82, 2.24) is 5.32 Å². The first-order valence-electron chi connectivity index (χ1n) is 7.42. The number of rotatable bonds is 1. The number of alkyl halides is 3. The third-order valence-corrected chi connectivity index (χ3v) is 5.32. The normalized spacial score (nSPS) is 27.7. The highest BCUT2D eigenvalue weighted by Crippen LogP contribution is 2.47. The first-order valence-corrected chi connectivity index (χ1v) is 8.18. The Morgan fingerprint density at radius 2 is 1.83 bits per heavy atom. The van der Waals surface area contributed by atoms with Crippen LogP contribution in [0.1, 0.15) is 31.2 Å². The highest BCUT2D eigenvalue weighted by Gasteiger charge is 2.52. The summed E-state index contributed by atoms with van der Waals surface area (Å²) in [7, 11) is 0. The van der Waals surface area contributed by atoms with Crippen molar-refractivity contribution in [2.75, 3.05) is 0 Å². The van der Waals surface area contributed by atoms with Gasteiger partial charge in [0.2, 0.25) is 0 Å². The Morgan fingerprint density at radius 3 is 2.38 bits per heavy atom. The van der Waals surface area contributed by atoms with Gasteiger partial charge in [-0.3, -0.25) is 4.79 Å². The standard InChI is InChI=1S/C16H14Cl2F3NO2/c17-9-1-2-10(11(18)7-9)12-13(23)15(22-14(12)24)5-3-8(4-6-15)16(19,20)21/h1-2,7-8,23H,3-6H2,(H,22,24). The van der Waals surface area contributed by atoms with Crippen LogP contribution in [0, 0.1) is 5.92 Å². The van der Waals surface area contributed by atoms with Crippen LogP contribution in [0.4, 0.5) is 13.2 Å². The van der Waals surface area contributed by atoms with Crippen LogP contribution in [-0.2, 0) is 4.79 Å². The van der Waals surface area contributed by atoms with Gasteiger partial charge in [-0.2, -0.15) is 13.2 Å². The van der Waals surface area contributed by atoms with Gasteiger partial charge in [0.1, 0.15) is 5.76 Å². The molecule has 3 nitrogen and oxygen atoms in total. The number of aliphatic hydroxyl groups is 1. The molecule has 0 aromatic heterocycles. The zero-order valence-corrected chi connectivity index (χ0v) is 13.9. The van der Waals surface area contributed by atoms with E-state index in [0.717, 1.165) is 0 Å². The molecule has 0 unspecified atom stereocenters. The molecule has 2 aliphatic rings. The lowest BCUT2D eigenvalue weighted by atomic mass is 9.75. The third-order valence-electron chi connectivity index (χ3n) is 4.77. The van der Waals surface area contributed by atoms with E-state index in [-0.39, 0.29) is 42.0 Å². The molecule has 1 amide bonds. The predicted octanol–water partition coefficient (Wildman–Crippen LogP) is 4.88. The Hall–Kier alpha value is -1.40. The Bertz CT molecular complexity index is 723. The van der Waals surface area contributed by atoms with Crippen LogP contribution in [0.3, 0.4) is 0 Å². The molecule has 0 bridgehead atoms. The van der Waals surface area contributed by atoms with E-state index in [9.17, 15) is 23.1 Å². The van der Waals surface area contributed by atoms with Crippen molar-refractivity contribution < 1.29 is 23.1 Å². The summed E-state index contributed by atoms with van der Waals surface area (Å²) in [6.45, 7) is 0. The van der Waals surface area contributed by atoms with E-state index in [0.29, 0.717) is 10.6 Å². The van der Waals surface area contributed by atoms with Gasteiger partial charge in [-0.15, -0.1) is 0 Å². The number of nitrogens with one attached hydrogen (secondary N) is 1. The second-order valence-corrected chi connectivity index (χ2v) is 7.04. The van der Waals surface area contributed by atoms with Gasteiger partial charge in [-0.25, -0.2) is 0 Å². The van der Waals surface area contributed by atoms with Crippen LogP contribution in [0.15, 0.2) is 24.0 Å². The summed E-state index contributed by atoms with van der Waals surface area (Å²) >= 11 is 11.9. The van der Waals surface area contributed by atoms with Gasteiger partial charge in [0.05, 0.1) is 22.1 Å². The number of aliphatic hydroxyl groups excluding tert-OH is 1. The van der Waals surface area contributed by atoms with Crippen molar-refractivity contribution in [3.63, 3.8) is 0 Å². The number of halogens is 5. The first-order chi connectivity index (χ1) is 11.1. The summed E-state index contributed by atoms with van der Waals surface area (Å²) in [5.41, 5.74) is -0.829. The number of carbonyl (C=O) groups excluding carboxylic acids is 1. The Kier molecular flexibility index (Phi) is 4.24. The Morgan fingerprint density at radius 1 is 1.21 bits per heavy atom. The van der Waals surface area contributed by atoms with Crippen LogP contribution < -0.4 is 5.32 Å². The summed E-state index contributed by atoms with van der Waals surface area (Å²) in [5.74, 6) is -2.18. The van der Waals surface area contributed by atoms with Gasteiger partial charge < -0.3 is 10.4 Å². The quantitative estimate of drug-likeness (QED) is 0.730. The van der Waals surface area contributed by atoms with E-state index < -0.39 is 23.5 Å². The lowest BCUT2D eigenvalue weighted by molar-refractivity contribution is -0.184. The molecule has 1 fully saturated rings. The number of carbonyl (C=O) groups is 1. The molecule has 1 aromatic rings. The molecule has 1 aliphatic carbocycles. The zero-order chi connectivity index (χ0) is 17.7. The average Bonchev–Trinajstić information content (AvgIpc) is 2.70.